The molecule has 3 N–H and O–H groups in total. The standard InChI is InChI=1S/C14H11N7OS/c15-14-19-12-11(16-6-17-12)13(20-14)23-5-10(22)21-7-18-8-3-1-2-4-9(8)21/h1-4,6-7H,5H2,(H3,15,16,17,19,20). The summed E-state index contributed by atoms with van der Waals surface area (Å²) in [6.07, 6.45) is 3.06. The van der Waals surface area contributed by atoms with Crippen molar-refractivity contribution in [2.75, 3.05) is 11.5 Å². The number of benzene rings is 1. The van der Waals surface area contributed by atoms with Gasteiger partial charge in [0.25, 0.3) is 0 Å². The lowest BCUT2D eigenvalue weighted by Gasteiger charge is -2.04. The van der Waals surface area contributed by atoms with Crippen molar-refractivity contribution in [2.24, 2.45) is 0 Å². The van der Waals surface area contributed by atoms with Crippen LogP contribution in [0.4, 0.5) is 5.95 Å². The molecule has 0 saturated heterocycles. The van der Waals surface area contributed by atoms with E-state index < -0.39 is 0 Å². The third-order valence-electron chi connectivity index (χ3n) is 3.32. The first kappa shape index (κ1) is 13.7. The highest BCUT2D eigenvalue weighted by Crippen LogP contribution is 2.24. The molecule has 1 aromatic carbocycles. The van der Waals surface area contributed by atoms with Crippen molar-refractivity contribution in [1.82, 2.24) is 29.5 Å². The fraction of sp³-hybridized carbons (Fsp3) is 0.0714. The van der Waals surface area contributed by atoms with Gasteiger partial charge in [0.1, 0.15) is 16.9 Å². The van der Waals surface area contributed by atoms with Gasteiger partial charge < -0.3 is 10.7 Å². The molecule has 0 amide bonds. The van der Waals surface area contributed by atoms with Crippen molar-refractivity contribution in [2.45, 2.75) is 5.03 Å². The third kappa shape index (κ3) is 2.40. The van der Waals surface area contributed by atoms with Gasteiger partial charge in [0.05, 0.1) is 23.1 Å². The number of imidazole rings is 2. The fourth-order valence-electron chi connectivity index (χ4n) is 2.28. The summed E-state index contributed by atoms with van der Waals surface area (Å²) < 4.78 is 1.54. The van der Waals surface area contributed by atoms with Crippen LogP contribution in [0.1, 0.15) is 4.79 Å². The van der Waals surface area contributed by atoms with Gasteiger partial charge in [-0.1, -0.05) is 23.9 Å². The van der Waals surface area contributed by atoms with E-state index in [1.165, 1.54) is 29.0 Å². The molecule has 3 aromatic heterocycles. The second kappa shape index (κ2) is 5.36. The van der Waals surface area contributed by atoms with E-state index in [9.17, 15) is 4.79 Å². The van der Waals surface area contributed by atoms with Gasteiger partial charge in [0.15, 0.2) is 5.65 Å². The Morgan fingerprint density at radius 3 is 3.04 bits per heavy atom. The molecule has 0 unspecified atom stereocenters. The molecule has 4 rings (SSSR count). The first-order valence-electron chi connectivity index (χ1n) is 6.77. The molecule has 0 aliphatic heterocycles. The molecule has 0 spiro atoms. The summed E-state index contributed by atoms with van der Waals surface area (Å²) >= 11 is 1.28. The van der Waals surface area contributed by atoms with Crippen molar-refractivity contribution in [1.29, 1.82) is 0 Å². The SMILES string of the molecule is Nc1nc(SCC(=O)n2cnc3ccccc32)c2[nH]cnc2n1. The van der Waals surface area contributed by atoms with Crippen LogP contribution in [0.5, 0.6) is 0 Å². The number of nitrogen functional groups attached to an aromatic ring is 1. The van der Waals surface area contributed by atoms with E-state index in [1.54, 1.807) is 0 Å². The Morgan fingerprint density at radius 1 is 1.26 bits per heavy atom. The van der Waals surface area contributed by atoms with E-state index in [-0.39, 0.29) is 17.6 Å². The zero-order valence-electron chi connectivity index (χ0n) is 11.8. The number of rotatable bonds is 3. The number of thioether (sulfide) groups is 1. The zero-order valence-corrected chi connectivity index (χ0v) is 12.6. The molecule has 0 fully saturated rings. The summed E-state index contributed by atoms with van der Waals surface area (Å²) in [6.45, 7) is 0. The molecular formula is C14H11N7OS. The van der Waals surface area contributed by atoms with Gasteiger partial charge >= 0.3 is 0 Å². The summed E-state index contributed by atoms with van der Waals surface area (Å²) in [5, 5.41) is 0.600. The van der Waals surface area contributed by atoms with E-state index in [2.05, 4.69) is 24.9 Å². The van der Waals surface area contributed by atoms with Crippen LogP contribution in [0.25, 0.3) is 22.2 Å². The van der Waals surface area contributed by atoms with E-state index in [4.69, 9.17) is 5.73 Å². The number of carbonyl (C=O) groups is 1. The number of carbonyl (C=O) groups excluding carboxylic acids is 1. The molecule has 0 radical (unpaired) electrons. The Bertz CT molecular complexity index is 1020. The lowest BCUT2D eigenvalue weighted by molar-refractivity contribution is 0.0946. The number of para-hydroxylation sites is 2. The van der Waals surface area contributed by atoms with Gasteiger partial charge in [-0.2, -0.15) is 4.98 Å². The molecule has 0 aliphatic carbocycles. The number of H-pyrrole nitrogens is 1. The highest BCUT2D eigenvalue weighted by molar-refractivity contribution is 8.00. The Hall–Kier alpha value is -2.94. The molecule has 0 bridgehead atoms. The predicted molar refractivity (Wildman–Crippen MR) is 87.2 cm³/mol. The maximum Gasteiger partial charge on any atom is 0.242 e. The Balaban J connectivity index is 1.61. The zero-order chi connectivity index (χ0) is 15.8. The Labute approximate surface area is 134 Å². The molecule has 9 heteroatoms. The number of fused-ring (bicyclic) bond motifs is 2. The van der Waals surface area contributed by atoms with Crippen LogP contribution in [-0.4, -0.2) is 41.1 Å². The molecule has 0 aliphatic rings. The molecule has 114 valence electrons. The molecule has 8 nitrogen and oxygen atoms in total. The number of nitrogens with two attached hydrogens (primary N) is 1. The highest BCUT2D eigenvalue weighted by Gasteiger charge is 2.14. The Morgan fingerprint density at radius 2 is 2.13 bits per heavy atom. The monoisotopic (exact) mass is 325 g/mol. The lowest BCUT2D eigenvalue weighted by atomic mass is 10.3. The minimum atomic E-state index is -0.0893. The fourth-order valence-corrected chi connectivity index (χ4v) is 3.14. The van der Waals surface area contributed by atoms with Gasteiger partial charge in [-0.05, 0) is 12.1 Å². The summed E-state index contributed by atoms with van der Waals surface area (Å²) in [7, 11) is 0. The number of nitrogens with one attached hydrogen (secondary N) is 1. The second-order valence-electron chi connectivity index (χ2n) is 4.77. The van der Waals surface area contributed by atoms with Crippen molar-refractivity contribution < 1.29 is 4.79 Å². The van der Waals surface area contributed by atoms with Crippen LogP contribution in [0, 0.1) is 0 Å². The summed E-state index contributed by atoms with van der Waals surface area (Å²) in [5.74, 6) is 0.242. The number of hydrogen-bond donors (Lipinski definition) is 2. The topological polar surface area (TPSA) is 115 Å². The minimum Gasteiger partial charge on any atom is -0.368 e. The lowest BCUT2D eigenvalue weighted by Crippen LogP contribution is -2.12. The van der Waals surface area contributed by atoms with Crippen molar-refractivity contribution in [3.05, 3.63) is 36.9 Å². The average Bonchev–Trinajstić information content (AvgIpc) is 3.18. The molecule has 0 atom stereocenters. The molecule has 4 aromatic rings. The largest absolute Gasteiger partial charge is 0.368 e. The van der Waals surface area contributed by atoms with Crippen molar-refractivity contribution in [3.8, 4) is 0 Å². The average molecular weight is 325 g/mol. The predicted octanol–water partition coefficient (Wildman–Crippen LogP) is 1.72. The summed E-state index contributed by atoms with van der Waals surface area (Å²) in [5.41, 5.74) is 8.40. The van der Waals surface area contributed by atoms with Crippen LogP contribution in [-0.2, 0) is 0 Å². The van der Waals surface area contributed by atoms with E-state index in [0.29, 0.717) is 16.2 Å². The van der Waals surface area contributed by atoms with Gasteiger partial charge in [-0.15, -0.1) is 0 Å². The molecule has 3 heterocycles. The van der Waals surface area contributed by atoms with Gasteiger partial charge in [-0.3, -0.25) is 9.36 Å². The normalized spacial score (nSPS) is 11.3. The van der Waals surface area contributed by atoms with Crippen LogP contribution in [0.3, 0.4) is 0 Å². The Kier molecular flexibility index (Phi) is 3.19. The number of aromatic nitrogens is 6. The smallest absolute Gasteiger partial charge is 0.242 e. The third-order valence-corrected chi connectivity index (χ3v) is 4.28. The van der Waals surface area contributed by atoms with E-state index in [1.807, 2.05) is 24.3 Å². The van der Waals surface area contributed by atoms with E-state index in [0.717, 1.165) is 11.0 Å². The summed E-state index contributed by atoms with van der Waals surface area (Å²) in [4.78, 5) is 31.9. The number of hydrogen-bond acceptors (Lipinski definition) is 7. The van der Waals surface area contributed by atoms with Crippen molar-refractivity contribution >= 4 is 45.8 Å². The minimum absolute atomic E-state index is 0.0893. The molecular weight excluding hydrogens is 314 g/mol. The van der Waals surface area contributed by atoms with Crippen LogP contribution < -0.4 is 5.73 Å². The van der Waals surface area contributed by atoms with Crippen LogP contribution in [0.2, 0.25) is 0 Å². The van der Waals surface area contributed by atoms with Crippen LogP contribution in [0.15, 0.2) is 41.9 Å². The number of aromatic amines is 1. The van der Waals surface area contributed by atoms with Crippen molar-refractivity contribution in [3.63, 3.8) is 0 Å². The second-order valence-corrected chi connectivity index (χ2v) is 5.74. The highest BCUT2D eigenvalue weighted by atomic mass is 32.2. The number of anilines is 1. The number of nitrogens with zero attached hydrogens (tertiary/aromatic N) is 5. The summed E-state index contributed by atoms with van der Waals surface area (Å²) in [6, 6.07) is 7.49. The van der Waals surface area contributed by atoms with Gasteiger partial charge in [-0.25, -0.2) is 15.0 Å². The van der Waals surface area contributed by atoms with E-state index >= 15 is 0 Å². The molecule has 23 heavy (non-hydrogen) atoms. The maximum absolute atomic E-state index is 12.5. The first-order chi connectivity index (χ1) is 11.2. The van der Waals surface area contributed by atoms with Gasteiger partial charge in [0, 0.05) is 0 Å². The first-order valence-corrected chi connectivity index (χ1v) is 7.75. The molecule has 0 saturated carbocycles. The quantitative estimate of drug-likeness (QED) is 0.435. The van der Waals surface area contributed by atoms with Gasteiger partial charge in [0.2, 0.25) is 11.9 Å². The maximum atomic E-state index is 12.5. The van der Waals surface area contributed by atoms with Crippen LogP contribution >= 0.6 is 11.8 Å².